The van der Waals surface area contributed by atoms with Crippen LogP contribution in [0.2, 0.25) is 0 Å². The van der Waals surface area contributed by atoms with E-state index >= 15 is 0 Å². The number of hydrogen-bond donors (Lipinski definition) is 1. The number of benzene rings is 1. The summed E-state index contributed by atoms with van der Waals surface area (Å²) in [6.07, 6.45) is 5.26. The molecule has 4 nitrogen and oxygen atoms in total. The highest BCUT2D eigenvalue weighted by Crippen LogP contribution is 2.10. The van der Waals surface area contributed by atoms with E-state index in [1.807, 2.05) is 12.1 Å². The Labute approximate surface area is 122 Å². The zero-order valence-corrected chi connectivity index (χ0v) is 13.0. The molecule has 112 valence electrons. The van der Waals surface area contributed by atoms with Crippen LogP contribution in [-0.2, 0) is 16.4 Å². The van der Waals surface area contributed by atoms with Crippen molar-refractivity contribution in [1.82, 2.24) is 10.2 Å². The summed E-state index contributed by atoms with van der Waals surface area (Å²) in [4.78, 5) is 2.89. The highest BCUT2D eigenvalue weighted by atomic mass is 32.2. The fraction of sp³-hybridized carbons (Fsp3) is 0.600. The zero-order chi connectivity index (χ0) is 14.4. The average Bonchev–Trinajstić information content (AvgIpc) is 2.44. The highest BCUT2D eigenvalue weighted by molar-refractivity contribution is 7.90. The topological polar surface area (TPSA) is 49.4 Å². The van der Waals surface area contributed by atoms with Gasteiger partial charge >= 0.3 is 0 Å². The summed E-state index contributed by atoms with van der Waals surface area (Å²) in [7, 11) is -3.09. The van der Waals surface area contributed by atoms with E-state index in [4.69, 9.17) is 0 Å². The Morgan fingerprint density at radius 1 is 1.10 bits per heavy atom. The fourth-order valence-electron chi connectivity index (χ4n) is 2.51. The normalized spacial score (nSPS) is 17.2. The van der Waals surface area contributed by atoms with Crippen LogP contribution in [0.3, 0.4) is 0 Å². The molecule has 2 rings (SSSR count). The molecule has 1 aromatic carbocycles. The largest absolute Gasteiger partial charge is 0.311 e. The molecule has 0 aliphatic carbocycles. The summed E-state index contributed by atoms with van der Waals surface area (Å²) in [6.45, 7) is 5.32. The second kappa shape index (κ2) is 7.20. The highest BCUT2D eigenvalue weighted by Gasteiger charge is 2.09. The molecule has 1 aromatic rings. The van der Waals surface area contributed by atoms with Crippen molar-refractivity contribution < 1.29 is 8.42 Å². The van der Waals surface area contributed by atoms with Crippen LogP contribution < -0.4 is 5.32 Å². The monoisotopic (exact) mass is 296 g/mol. The summed E-state index contributed by atoms with van der Waals surface area (Å²) in [5, 5.41) is 3.42. The van der Waals surface area contributed by atoms with Crippen molar-refractivity contribution >= 4 is 9.84 Å². The molecule has 0 unspecified atom stereocenters. The SMILES string of the molecule is CS(=O)(=O)c1ccc(CNCCN2CCCCC2)cc1. The van der Waals surface area contributed by atoms with Crippen molar-refractivity contribution in [2.45, 2.75) is 30.7 Å². The number of nitrogens with zero attached hydrogens (tertiary/aromatic N) is 1. The summed E-state index contributed by atoms with van der Waals surface area (Å²) in [5.74, 6) is 0. The third kappa shape index (κ3) is 4.89. The van der Waals surface area contributed by atoms with E-state index in [2.05, 4.69) is 10.2 Å². The first-order valence-electron chi connectivity index (χ1n) is 7.28. The van der Waals surface area contributed by atoms with Gasteiger partial charge in [-0.05, 0) is 43.6 Å². The molecule has 0 aromatic heterocycles. The quantitative estimate of drug-likeness (QED) is 0.811. The van der Waals surface area contributed by atoms with Crippen molar-refractivity contribution in [2.75, 3.05) is 32.4 Å². The van der Waals surface area contributed by atoms with E-state index in [-0.39, 0.29) is 0 Å². The van der Waals surface area contributed by atoms with E-state index in [1.165, 1.54) is 38.6 Å². The van der Waals surface area contributed by atoms with Crippen molar-refractivity contribution in [3.8, 4) is 0 Å². The van der Waals surface area contributed by atoms with E-state index in [1.54, 1.807) is 12.1 Å². The van der Waals surface area contributed by atoms with Gasteiger partial charge in [0.1, 0.15) is 0 Å². The molecule has 0 saturated carbocycles. The molecule has 5 heteroatoms. The third-order valence-corrected chi connectivity index (χ3v) is 4.86. The van der Waals surface area contributed by atoms with Crippen LogP contribution in [0, 0.1) is 0 Å². The van der Waals surface area contributed by atoms with Gasteiger partial charge in [-0.3, -0.25) is 0 Å². The molecule has 0 amide bonds. The number of piperidine rings is 1. The molecule has 1 saturated heterocycles. The first-order chi connectivity index (χ1) is 9.55. The minimum absolute atomic E-state index is 0.384. The van der Waals surface area contributed by atoms with Gasteiger partial charge < -0.3 is 10.2 Å². The number of sulfone groups is 1. The smallest absolute Gasteiger partial charge is 0.175 e. The maximum Gasteiger partial charge on any atom is 0.175 e. The molecular weight excluding hydrogens is 272 g/mol. The Hall–Kier alpha value is -0.910. The molecule has 20 heavy (non-hydrogen) atoms. The van der Waals surface area contributed by atoms with Gasteiger partial charge in [0, 0.05) is 25.9 Å². The minimum atomic E-state index is -3.09. The Morgan fingerprint density at radius 2 is 1.75 bits per heavy atom. The molecule has 0 spiro atoms. The van der Waals surface area contributed by atoms with Crippen molar-refractivity contribution in [3.63, 3.8) is 0 Å². The summed E-state index contributed by atoms with van der Waals surface area (Å²) < 4.78 is 22.7. The van der Waals surface area contributed by atoms with Crippen LogP contribution in [0.5, 0.6) is 0 Å². The van der Waals surface area contributed by atoms with Gasteiger partial charge in [-0.1, -0.05) is 18.6 Å². The van der Waals surface area contributed by atoms with Gasteiger partial charge in [0.2, 0.25) is 0 Å². The molecule has 1 aliphatic heterocycles. The Kier molecular flexibility index (Phi) is 5.57. The zero-order valence-electron chi connectivity index (χ0n) is 12.1. The summed E-state index contributed by atoms with van der Waals surface area (Å²) in [6, 6.07) is 7.11. The second-order valence-corrected chi connectivity index (χ2v) is 7.51. The first-order valence-corrected chi connectivity index (χ1v) is 9.17. The van der Waals surface area contributed by atoms with Gasteiger partial charge in [-0.2, -0.15) is 0 Å². The molecular formula is C15H24N2O2S. The lowest BCUT2D eigenvalue weighted by atomic mass is 10.1. The average molecular weight is 296 g/mol. The summed E-state index contributed by atoms with van der Waals surface area (Å²) in [5.41, 5.74) is 1.12. The number of nitrogens with one attached hydrogen (secondary N) is 1. The standard InChI is InChI=1S/C15H24N2O2S/c1-20(18,19)15-7-5-14(6-8-15)13-16-9-12-17-10-3-2-4-11-17/h5-8,16H,2-4,9-13H2,1H3. The van der Waals surface area contributed by atoms with Gasteiger partial charge in [-0.25, -0.2) is 8.42 Å². The molecule has 0 bridgehead atoms. The van der Waals surface area contributed by atoms with Crippen molar-refractivity contribution in [3.05, 3.63) is 29.8 Å². The van der Waals surface area contributed by atoms with Crippen LogP contribution in [0.25, 0.3) is 0 Å². The van der Waals surface area contributed by atoms with E-state index in [9.17, 15) is 8.42 Å². The lowest BCUT2D eigenvalue weighted by molar-refractivity contribution is 0.229. The lowest BCUT2D eigenvalue weighted by Gasteiger charge is -2.26. The van der Waals surface area contributed by atoms with Crippen molar-refractivity contribution in [1.29, 1.82) is 0 Å². The van der Waals surface area contributed by atoms with Crippen LogP contribution in [0.15, 0.2) is 29.2 Å². The van der Waals surface area contributed by atoms with Crippen molar-refractivity contribution in [2.24, 2.45) is 0 Å². The predicted octanol–water partition coefficient (Wildman–Crippen LogP) is 1.67. The molecule has 0 atom stereocenters. The number of rotatable bonds is 6. The molecule has 1 aliphatic rings. The van der Waals surface area contributed by atoms with Crippen LogP contribution in [0.1, 0.15) is 24.8 Å². The van der Waals surface area contributed by atoms with Crippen LogP contribution in [-0.4, -0.2) is 45.8 Å². The van der Waals surface area contributed by atoms with Gasteiger partial charge in [0.05, 0.1) is 4.90 Å². The maximum absolute atomic E-state index is 11.4. The van der Waals surface area contributed by atoms with Crippen LogP contribution in [0.4, 0.5) is 0 Å². The van der Waals surface area contributed by atoms with Gasteiger partial charge in [0.15, 0.2) is 9.84 Å². The minimum Gasteiger partial charge on any atom is -0.311 e. The number of hydrogen-bond acceptors (Lipinski definition) is 4. The number of likely N-dealkylation sites (tertiary alicyclic amines) is 1. The van der Waals surface area contributed by atoms with E-state index < -0.39 is 9.84 Å². The first kappa shape index (κ1) is 15.5. The molecule has 1 heterocycles. The van der Waals surface area contributed by atoms with Crippen LogP contribution >= 0.6 is 0 Å². The molecule has 0 radical (unpaired) electrons. The fourth-order valence-corrected chi connectivity index (χ4v) is 3.14. The third-order valence-electron chi connectivity index (χ3n) is 3.73. The Bertz CT molecular complexity index is 505. The van der Waals surface area contributed by atoms with Gasteiger partial charge in [-0.15, -0.1) is 0 Å². The molecule has 1 fully saturated rings. The Morgan fingerprint density at radius 3 is 2.35 bits per heavy atom. The predicted molar refractivity (Wildman–Crippen MR) is 81.5 cm³/mol. The lowest BCUT2D eigenvalue weighted by Crippen LogP contribution is -2.35. The van der Waals surface area contributed by atoms with E-state index in [0.717, 1.165) is 25.2 Å². The van der Waals surface area contributed by atoms with Gasteiger partial charge in [0.25, 0.3) is 0 Å². The maximum atomic E-state index is 11.4. The second-order valence-electron chi connectivity index (χ2n) is 5.50. The van der Waals surface area contributed by atoms with E-state index in [0.29, 0.717) is 4.90 Å². The Balaban J connectivity index is 1.71. The summed E-state index contributed by atoms with van der Waals surface area (Å²) >= 11 is 0. The molecule has 1 N–H and O–H groups in total.